The van der Waals surface area contributed by atoms with Gasteiger partial charge in [-0.2, -0.15) is 5.10 Å². The lowest BCUT2D eigenvalue weighted by Crippen LogP contribution is -2.35. The molecule has 0 saturated heterocycles. The van der Waals surface area contributed by atoms with Crippen LogP contribution >= 0.6 is 0 Å². The van der Waals surface area contributed by atoms with Crippen LogP contribution in [0.25, 0.3) is 0 Å². The molecule has 2 amide bonds. The van der Waals surface area contributed by atoms with Gasteiger partial charge in [-0.15, -0.1) is 0 Å². The van der Waals surface area contributed by atoms with Gasteiger partial charge in [-0.1, -0.05) is 30.3 Å². The number of amides is 2. The number of fused-ring (bicyclic) bond motifs is 2. The average molecular weight is 458 g/mol. The zero-order chi connectivity index (χ0) is 23.7. The van der Waals surface area contributed by atoms with Crippen LogP contribution in [0.15, 0.2) is 58.0 Å². The molecule has 2 aromatic carbocycles. The van der Waals surface area contributed by atoms with Crippen molar-refractivity contribution < 1.29 is 18.7 Å². The van der Waals surface area contributed by atoms with Crippen molar-refractivity contribution in [3.8, 4) is 5.75 Å². The fourth-order valence-electron chi connectivity index (χ4n) is 4.86. The molecule has 1 aliphatic heterocycles. The minimum Gasteiger partial charge on any atom is -0.496 e. The number of hydrogen-bond acceptors (Lipinski definition) is 5. The van der Waals surface area contributed by atoms with E-state index in [0.717, 1.165) is 54.0 Å². The zero-order valence-electron chi connectivity index (χ0n) is 19.4. The third-order valence-corrected chi connectivity index (χ3v) is 6.52. The number of para-hydroxylation sites is 2. The molecule has 0 bridgehead atoms. The SMILES string of the molecule is COc1ccccc1C(=O)N/N=C1\CCCc2oc(C(=O)N3CCCc4ccccc43)c(C)c21. The maximum absolute atomic E-state index is 13.5. The maximum atomic E-state index is 13.5. The van der Waals surface area contributed by atoms with E-state index in [1.165, 1.54) is 12.7 Å². The molecule has 3 aromatic rings. The summed E-state index contributed by atoms with van der Waals surface area (Å²) in [7, 11) is 1.53. The van der Waals surface area contributed by atoms with E-state index in [1.54, 1.807) is 18.2 Å². The molecule has 1 N–H and O–H groups in total. The lowest BCUT2D eigenvalue weighted by molar-refractivity contribution is 0.0946. The van der Waals surface area contributed by atoms with Crippen molar-refractivity contribution in [3.05, 3.63) is 82.3 Å². The van der Waals surface area contributed by atoms with Crippen molar-refractivity contribution in [1.82, 2.24) is 5.43 Å². The van der Waals surface area contributed by atoms with Gasteiger partial charge < -0.3 is 14.1 Å². The van der Waals surface area contributed by atoms with Gasteiger partial charge in [0.2, 0.25) is 0 Å². The molecule has 174 valence electrons. The fourth-order valence-corrected chi connectivity index (χ4v) is 4.86. The van der Waals surface area contributed by atoms with E-state index in [0.29, 0.717) is 30.0 Å². The number of ether oxygens (including phenoxy) is 1. The third-order valence-electron chi connectivity index (χ3n) is 6.52. The molecule has 2 aliphatic rings. The molecule has 0 unspecified atom stereocenters. The summed E-state index contributed by atoms with van der Waals surface area (Å²) in [5, 5.41) is 4.43. The van der Waals surface area contributed by atoms with E-state index >= 15 is 0 Å². The van der Waals surface area contributed by atoms with Crippen LogP contribution in [0, 0.1) is 6.92 Å². The Balaban J connectivity index is 1.43. The van der Waals surface area contributed by atoms with Gasteiger partial charge in [0.05, 0.1) is 18.4 Å². The Labute approximate surface area is 198 Å². The Morgan fingerprint density at radius 3 is 2.68 bits per heavy atom. The molecule has 7 nitrogen and oxygen atoms in total. The number of methoxy groups -OCH3 is 1. The number of nitrogens with zero attached hydrogens (tertiary/aromatic N) is 2. The lowest BCUT2D eigenvalue weighted by Gasteiger charge is -2.28. The number of anilines is 1. The number of hydrazone groups is 1. The van der Waals surface area contributed by atoms with Crippen LogP contribution in [0.3, 0.4) is 0 Å². The van der Waals surface area contributed by atoms with Crippen LogP contribution in [0.4, 0.5) is 5.69 Å². The van der Waals surface area contributed by atoms with Crippen LogP contribution in [0.5, 0.6) is 5.75 Å². The predicted molar refractivity (Wildman–Crippen MR) is 130 cm³/mol. The molecule has 0 saturated carbocycles. The number of nitrogens with one attached hydrogen (secondary N) is 1. The summed E-state index contributed by atoms with van der Waals surface area (Å²) < 4.78 is 11.4. The molecule has 1 aliphatic carbocycles. The topological polar surface area (TPSA) is 84.1 Å². The Morgan fingerprint density at radius 2 is 1.82 bits per heavy atom. The second-order valence-corrected chi connectivity index (χ2v) is 8.60. The molecule has 0 spiro atoms. The summed E-state index contributed by atoms with van der Waals surface area (Å²) in [4.78, 5) is 28.1. The van der Waals surface area contributed by atoms with Gasteiger partial charge in [0.25, 0.3) is 11.8 Å². The largest absolute Gasteiger partial charge is 0.496 e. The predicted octanol–water partition coefficient (Wildman–Crippen LogP) is 4.66. The van der Waals surface area contributed by atoms with Gasteiger partial charge in [-0.25, -0.2) is 5.43 Å². The molecule has 34 heavy (non-hydrogen) atoms. The van der Waals surface area contributed by atoms with Gasteiger partial charge >= 0.3 is 0 Å². The number of rotatable bonds is 4. The molecular weight excluding hydrogens is 430 g/mol. The van der Waals surface area contributed by atoms with E-state index in [1.807, 2.05) is 36.1 Å². The number of hydrogen-bond donors (Lipinski definition) is 1. The number of carbonyl (C=O) groups is 2. The van der Waals surface area contributed by atoms with Crippen LogP contribution in [0.1, 0.15) is 62.6 Å². The zero-order valence-corrected chi connectivity index (χ0v) is 19.4. The highest BCUT2D eigenvalue weighted by atomic mass is 16.5. The molecule has 7 heteroatoms. The monoisotopic (exact) mass is 457 g/mol. The summed E-state index contributed by atoms with van der Waals surface area (Å²) >= 11 is 0. The highest BCUT2D eigenvalue weighted by Gasteiger charge is 2.32. The standard InChI is InChI=1S/C27H27N3O4/c1-17-24-20(28-29-26(31)19-11-4-6-14-22(19)33-2)12-7-15-23(24)34-25(17)27(32)30-16-8-10-18-9-3-5-13-21(18)30/h3-6,9,11,13-14H,7-8,10,12,15-16H2,1-2H3,(H,29,31)/b28-20+. The fraction of sp³-hybridized carbons (Fsp3) is 0.296. The smallest absolute Gasteiger partial charge is 0.294 e. The highest BCUT2D eigenvalue weighted by Crippen LogP contribution is 2.33. The van der Waals surface area contributed by atoms with Crippen molar-refractivity contribution in [2.75, 3.05) is 18.6 Å². The summed E-state index contributed by atoms with van der Waals surface area (Å²) in [6, 6.07) is 15.0. The molecule has 0 fully saturated rings. The lowest BCUT2D eigenvalue weighted by atomic mass is 9.93. The van der Waals surface area contributed by atoms with Crippen LogP contribution in [-0.4, -0.2) is 31.2 Å². The number of aryl methyl sites for hydroxylation is 2. The van der Waals surface area contributed by atoms with E-state index in [4.69, 9.17) is 9.15 Å². The van der Waals surface area contributed by atoms with Gasteiger partial charge in [0.15, 0.2) is 5.76 Å². The molecule has 2 heterocycles. The van der Waals surface area contributed by atoms with Gasteiger partial charge in [0, 0.05) is 29.8 Å². The second kappa shape index (κ2) is 9.17. The second-order valence-electron chi connectivity index (χ2n) is 8.60. The number of carbonyl (C=O) groups excluding carboxylic acids is 2. The van der Waals surface area contributed by atoms with Gasteiger partial charge in [-0.05, 0) is 56.4 Å². The normalized spacial score (nSPS) is 16.1. The third kappa shape index (κ3) is 3.87. The Bertz CT molecular complexity index is 1290. The minimum atomic E-state index is -0.348. The van der Waals surface area contributed by atoms with E-state index in [2.05, 4.69) is 16.6 Å². The number of furan rings is 1. The number of benzene rings is 2. The molecular formula is C27H27N3O4. The van der Waals surface area contributed by atoms with Crippen LogP contribution in [-0.2, 0) is 12.8 Å². The summed E-state index contributed by atoms with van der Waals surface area (Å²) in [6.07, 6.45) is 4.16. The van der Waals surface area contributed by atoms with Crippen molar-refractivity contribution in [3.63, 3.8) is 0 Å². The highest BCUT2D eigenvalue weighted by molar-refractivity contribution is 6.10. The minimum absolute atomic E-state index is 0.128. The molecule has 1 aromatic heterocycles. The van der Waals surface area contributed by atoms with Gasteiger partial charge in [-0.3, -0.25) is 9.59 Å². The van der Waals surface area contributed by atoms with E-state index < -0.39 is 0 Å². The van der Waals surface area contributed by atoms with E-state index in [9.17, 15) is 9.59 Å². The Hall–Kier alpha value is -3.87. The molecule has 0 radical (unpaired) electrons. The summed E-state index contributed by atoms with van der Waals surface area (Å²) in [5.74, 6) is 1.12. The van der Waals surface area contributed by atoms with Crippen LogP contribution in [0.2, 0.25) is 0 Å². The first-order valence-electron chi connectivity index (χ1n) is 11.6. The van der Waals surface area contributed by atoms with Crippen molar-refractivity contribution in [1.29, 1.82) is 0 Å². The van der Waals surface area contributed by atoms with Gasteiger partial charge in [0.1, 0.15) is 11.5 Å². The van der Waals surface area contributed by atoms with Crippen LogP contribution < -0.4 is 15.1 Å². The first-order valence-corrected chi connectivity index (χ1v) is 11.6. The molecule has 5 rings (SSSR count). The van der Waals surface area contributed by atoms with E-state index in [-0.39, 0.29) is 11.8 Å². The first kappa shape index (κ1) is 21.9. The first-order chi connectivity index (χ1) is 16.6. The Morgan fingerprint density at radius 1 is 1.03 bits per heavy atom. The summed E-state index contributed by atoms with van der Waals surface area (Å²) in [6.45, 7) is 2.56. The average Bonchev–Trinajstić information content (AvgIpc) is 3.23. The van der Waals surface area contributed by atoms with Crippen molar-refractivity contribution >= 4 is 23.2 Å². The quantitative estimate of drug-likeness (QED) is 0.578. The maximum Gasteiger partial charge on any atom is 0.294 e. The summed E-state index contributed by atoms with van der Waals surface area (Å²) in [5.41, 5.74) is 7.53. The van der Waals surface area contributed by atoms with Crippen molar-refractivity contribution in [2.45, 2.75) is 39.0 Å². The van der Waals surface area contributed by atoms with Crippen molar-refractivity contribution in [2.24, 2.45) is 5.10 Å². The molecule has 0 atom stereocenters. The Kier molecular flexibility index (Phi) is 5.92.